The number of likely N-dealkylation sites (tertiary alicyclic amines) is 1. The maximum Gasteiger partial charge on any atom is 0.272 e. The van der Waals surface area contributed by atoms with Crippen molar-refractivity contribution in [2.45, 2.75) is 25.3 Å². The van der Waals surface area contributed by atoms with Gasteiger partial charge in [-0.1, -0.05) is 0 Å². The first kappa shape index (κ1) is 15.9. The lowest BCUT2D eigenvalue weighted by molar-refractivity contribution is 0.0707. The van der Waals surface area contributed by atoms with Crippen molar-refractivity contribution in [2.24, 2.45) is 5.73 Å². The SMILES string of the molecule is NC(=O)c1ccc(C(=O)N2CCC[C@H]2CC(=O)c2ccco2)nc1. The number of Topliss-reactive ketones (excluding diaryl/α,β-unsaturated/α-hetero) is 1. The van der Waals surface area contributed by atoms with Gasteiger partial charge in [-0.05, 0) is 37.1 Å². The zero-order valence-corrected chi connectivity index (χ0v) is 13.0. The number of nitrogens with two attached hydrogens (primary N) is 1. The van der Waals surface area contributed by atoms with Gasteiger partial charge in [0.1, 0.15) is 5.69 Å². The summed E-state index contributed by atoms with van der Waals surface area (Å²) in [6.07, 6.45) is 4.56. The Morgan fingerprint density at radius 1 is 1.29 bits per heavy atom. The normalized spacial score (nSPS) is 17.0. The van der Waals surface area contributed by atoms with Gasteiger partial charge in [0.25, 0.3) is 5.91 Å². The quantitative estimate of drug-likeness (QED) is 0.840. The average Bonchev–Trinajstić information content (AvgIpc) is 3.26. The largest absolute Gasteiger partial charge is 0.461 e. The highest BCUT2D eigenvalue weighted by Gasteiger charge is 2.32. The van der Waals surface area contributed by atoms with Crippen molar-refractivity contribution in [3.8, 4) is 0 Å². The van der Waals surface area contributed by atoms with Crippen molar-refractivity contribution in [3.63, 3.8) is 0 Å². The second-order valence-electron chi connectivity index (χ2n) is 5.70. The summed E-state index contributed by atoms with van der Waals surface area (Å²) in [5.41, 5.74) is 5.65. The van der Waals surface area contributed by atoms with Gasteiger partial charge in [-0.15, -0.1) is 0 Å². The lowest BCUT2D eigenvalue weighted by atomic mass is 10.1. The third kappa shape index (κ3) is 3.19. The monoisotopic (exact) mass is 327 g/mol. The number of rotatable bonds is 5. The number of amides is 2. The van der Waals surface area contributed by atoms with Crippen LogP contribution in [0.15, 0.2) is 41.1 Å². The third-order valence-corrected chi connectivity index (χ3v) is 4.12. The van der Waals surface area contributed by atoms with Crippen LogP contribution in [0.5, 0.6) is 0 Å². The topological polar surface area (TPSA) is 106 Å². The summed E-state index contributed by atoms with van der Waals surface area (Å²) in [5.74, 6) is -0.662. The number of ketones is 1. The third-order valence-electron chi connectivity index (χ3n) is 4.12. The molecule has 3 rings (SSSR count). The Hall–Kier alpha value is -2.96. The number of carbonyl (C=O) groups excluding carboxylic acids is 3. The Labute approximate surface area is 138 Å². The highest BCUT2D eigenvalue weighted by Crippen LogP contribution is 2.23. The number of primary amides is 1. The second-order valence-corrected chi connectivity index (χ2v) is 5.70. The van der Waals surface area contributed by atoms with E-state index >= 15 is 0 Å². The van der Waals surface area contributed by atoms with Gasteiger partial charge in [0.05, 0.1) is 11.8 Å². The van der Waals surface area contributed by atoms with E-state index in [9.17, 15) is 14.4 Å². The maximum absolute atomic E-state index is 12.6. The fourth-order valence-corrected chi connectivity index (χ4v) is 2.88. The molecule has 2 aromatic rings. The minimum atomic E-state index is -0.593. The minimum absolute atomic E-state index is 0.123. The standard InChI is InChI=1S/C17H17N3O4/c18-16(22)11-5-6-13(19-10-11)17(23)20-7-1-3-12(20)9-14(21)15-4-2-8-24-15/h2,4-6,8,10,12H,1,3,7,9H2,(H2,18,22)/t12-/m0/s1. The Kier molecular flexibility index (Phi) is 4.41. The van der Waals surface area contributed by atoms with Gasteiger partial charge in [0.2, 0.25) is 5.91 Å². The van der Waals surface area contributed by atoms with Crippen LogP contribution in [0.25, 0.3) is 0 Å². The van der Waals surface area contributed by atoms with E-state index in [-0.39, 0.29) is 35.4 Å². The Morgan fingerprint density at radius 3 is 2.75 bits per heavy atom. The molecule has 1 atom stereocenters. The molecule has 2 amide bonds. The van der Waals surface area contributed by atoms with Crippen LogP contribution in [0.1, 0.15) is 50.7 Å². The summed E-state index contributed by atoms with van der Waals surface area (Å²) in [6.45, 7) is 0.578. The van der Waals surface area contributed by atoms with Gasteiger partial charge in [-0.3, -0.25) is 19.4 Å². The number of carbonyl (C=O) groups is 3. The Morgan fingerprint density at radius 2 is 2.12 bits per heavy atom. The van der Waals surface area contributed by atoms with Crippen molar-refractivity contribution in [2.75, 3.05) is 6.54 Å². The first-order valence-corrected chi connectivity index (χ1v) is 7.70. The molecule has 0 bridgehead atoms. The predicted molar refractivity (Wildman–Crippen MR) is 84.5 cm³/mol. The van der Waals surface area contributed by atoms with Crippen molar-refractivity contribution >= 4 is 17.6 Å². The number of hydrogen-bond acceptors (Lipinski definition) is 5. The van der Waals surface area contributed by atoms with Crippen LogP contribution in [0, 0.1) is 0 Å². The molecule has 0 spiro atoms. The fraction of sp³-hybridized carbons (Fsp3) is 0.294. The van der Waals surface area contributed by atoms with Crippen LogP contribution >= 0.6 is 0 Å². The minimum Gasteiger partial charge on any atom is -0.461 e. The van der Waals surface area contributed by atoms with E-state index in [1.165, 1.54) is 24.6 Å². The molecule has 24 heavy (non-hydrogen) atoms. The molecular weight excluding hydrogens is 310 g/mol. The molecule has 1 aliphatic rings. The highest BCUT2D eigenvalue weighted by molar-refractivity contribution is 5.97. The molecule has 1 saturated heterocycles. The van der Waals surface area contributed by atoms with Gasteiger partial charge >= 0.3 is 0 Å². The molecule has 3 heterocycles. The van der Waals surface area contributed by atoms with Crippen LogP contribution in [0.2, 0.25) is 0 Å². The first-order valence-electron chi connectivity index (χ1n) is 7.70. The summed E-state index contributed by atoms with van der Waals surface area (Å²) < 4.78 is 5.11. The predicted octanol–water partition coefficient (Wildman–Crippen LogP) is 1.65. The van der Waals surface area contributed by atoms with E-state index in [2.05, 4.69) is 4.98 Å². The summed E-state index contributed by atoms with van der Waals surface area (Å²) in [4.78, 5) is 41.5. The van der Waals surface area contributed by atoms with Gasteiger partial charge in [0, 0.05) is 25.2 Å². The molecule has 0 saturated carbocycles. The molecule has 0 aromatic carbocycles. The van der Waals surface area contributed by atoms with Gasteiger partial charge in [0.15, 0.2) is 11.5 Å². The van der Waals surface area contributed by atoms with Crippen molar-refractivity contribution in [1.82, 2.24) is 9.88 Å². The molecule has 0 unspecified atom stereocenters. The molecule has 1 fully saturated rings. The van der Waals surface area contributed by atoms with Crippen LogP contribution in [0.4, 0.5) is 0 Å². The number of nitrogens with zero attached hydrogens (tertiary/aromatic N) is 2. The van der Waals surface area contributed by atoms with E-state index in [0.29, 0.717) is 12.3 Å². The van der Waals surface area contributed by atoms with E-state index in [4.69, 9.17) is 10.2 Å². The highest BCUT2D eigenvalue weighted by atomic mass is 16.3. The molecule has 2 aromatic heterocycles. The van der Waals surface area contributed by atoms with Crippen molar-refractivity contribution < 1.29 is 18.8 Å². The lowest BCUT2D eigenvalue weighted by Crippen LogP contribution is -2.37. The molecule has 124 valence electrons. The average molecular weight is 327 g/mol. The fourth-order valence-electron chi connectivity index (χ4n) is 2.88. The van der Waals surface area contributed by atoms with Crippen molar-refractivity contribution in [3.05, 3.63) is 53.7 Å². The van der Waals surface area contributed by atoms with Crippen LogP contribution in [0.3, 0.4) is 0 Å². The Bertz CT molecular complexity index is 753. The van der Waals surface area contributed by atoms with Crippen LogP contribution in [-0.4, -0.2) is 40.1 Å². The number of furan rings is 1. The van der Waals surface area contributed by atoms with Crippen molar-refractivity contribution in [1.29, 1.82) is 0 Å². The van der Waals surface area contributed by atoms with Gasteiger partial charge in [-0.25, -0.2) is 0 Å². The van der Waals surface area contributed by atoms with E-state index in [0.717, 1.165) is 12.8 Å². The molecular formula is C17H17N3O4. The molecule has 2 N–H and O–H groups in total. The lowest BCUT2D eigenvalue weighted by Gasteiger charge is -2.23. The molecule has 1 aliphatic heterocycles. The summed E-state index contributed by atoms with van der Waals surface area (Å²) in [7, 11) is 0. The van der Waals surface area contributed by atoms with Crippen LogP contribution < -0.4 is 5.73 Å². The summed E-state index contributed by atoms with van der Waals surface area (Å²) >= 11 is 0. The maximum atomic E-state index is 12.6. The number of hydrogen-bond donors (Lipinski definition) is 1. The van der Waals surface area contributed by atoms with Gasteiger partial charge < -0.3 is 15.1 Å². The molecule has 0 aliphatic carbocycles. The smallest absolute Gasteiger partial charge is 0.272 e. The van der Waals surface area contributed by atoms with E-state index < -0.39 is 5.91 Å². The number of pyridine rings is 1. The van der Waals surface area contributed by atoms with Crippen LogP contribution in [-0.2, 0) is 0 Å². The Balaban J connectivity index is 1.71. The number of aromatic nitrogens is 1. The summed E-state index contributed by atoms with van der Waals surface area (Å²) in [6, 6.07) is 6.06. The van der Waals surface area contributed by atoms with Gasteiger partial charge in [-0.2, -0.15) is 0 Å². The molecule has 7 heteroatoms. The first-order chi connectivity index (χ1) is 11.6. The zero-order valence-electron chi connectivity index (χ0n) is 13.0. The molecule has 0 radical (unpaired) electrons. The van der Waals surface area contributed by atoms with E-state index in [1.54, 1.807) is 17.0 Å². The molecule has 7 nitrogen and oxygen atoms in total. The zero-order chi connectivity index (χ0) is 17.1. The summed E-state index contributed by atoms with van der Waals surface area (Å²) in [5, 5.41) is 0. The van der Waals surface area contributed by atoms with E-state index in [1.807, 2.05) is 0 Å². The second kappa shape index (κ2) is 6.66.